The highest BCUT2D eigenvalue weighted by molar-refractivity contribution is 7.16. The topological polar surface area (TPSA) is 81.0 Å². The molecule has 0 atom stereocenters. The number of hydrogen-bond acceptors (Lipinski definition) is 6. The van der Waals surface area contributed by atoms with Gasteiger partial charge in [0.2, 0.25) is 5.95 Å². The van der Waals surface area contributed by atoms with Crippen molar-refractivity contribution in [2.75, 3.05) is 11.9 Å². The molecule has 94 valence electrons. The number of hydrogen-bond donors (Lipinski definition) is 1. The lowest BCUT2D eigenvalue weighted by Gasteiger charge is -2.02. The van der Waals surface area contributed by atoms with Crippen LogP contribution in [-0.4, -0.2) is 21.4 Å². The highest BCUT2D eigenvalue weighted by Crippen LogP contribution is 2.21. The SMILES string of the molecule is O=[N+]([O-])c1cnc(NCCc2ccc(Cl)s2)nc1. The quantitative estimate of drug-likeness (QED) is 0.674. The van der Waals surface area contributed by atoms with E-state index in [4.69, 9.17) is 11.6 Å². The fourth-order valence-corrected chi connectivity index (χ4v) is 2.38. The number of halogens is 1. The maximum atomic E-state index is 10.4. The van der Waals surface area contributed by atoms with Crippen LogP contribution in [0.4, 0.5) is 11.6 Å². The van der Waals surface area contributed by atoms with Gasteiger partial charge in [-0.25, -0.2) is 9.97 Å². The maximum absolute atomic E-state index is 10.4. The molecule has 2 aromatic rings. The molecule has 0 bridgehead atoms. The molecule has 0 unspecified atom stereocenters. The van der Waals surface area contributed by atoms with Gasteiger partial charge < -0.3 is 5.32 Å². The number of nitrogens with one attached hydrogen (secondary N) is 1. The molecular weight excluding hydrogens is 276 g/mol. The molecule has 6 nitrogen and oxygen atoms in total. The zero-order valence-electron chi connectivity index (χ0n) is 9.17. The molecule has 0 saturated heterocycles. The molecule has 18 heavy (non-hydrogen) atoms. The molecule has 0 amide bonds. The second-order valence-electron chi connectivity index (χ2n) is 3.40. The van der Waals surface area contributed by atoms with Crippen molar-refractivity contribution in [1.29, 1.82) is 0 Å². The van der Waals surface area contributed by atoms with Gasteiger partial charge in [-0.3, -0.25) is 10.1 Å². The summed E-state index contributed by atoms with van der Waals surface area (Å²) in [7, 11) is 0. The summed E-state index contributed by atoms with van der Waals surface area (Å²) < 4.78 is 0.761. The summed E-state index contributed by atoms with van der Waals surface area (Å²) in [6, 6.07) is 3.81. The summed E-state index contributed by atoms with van der Waals surface area (Å²) in [5, 5.41) is 13.4. The van der Waals surface area contributed by atoms with Gasteiger partial charge in [-0.2, -0.15) is 0 Å². The Labute approximate surface area is 112 Å². The fourth-order valence-electron chi connectivity index (χ4n) is 1.29. The maximum Gasteiger partial charge on any atom is 0.305 e. The lowest BCUT2D eigenvalue weighted by molar-refractivity contribution is -0.385. The van der Waals surface area contributed by atoms with E-state index in [9.17, 15) is 10.1 Å². The van der Waals surface area contributed by atoms with Crippen molar-refractivity contribution in [3.8, 4) is 0 Å². The average molecular weight is 285 g/mol. The molecule has 1 N–H and O–H groups in total. The molecule has 2 heterocycles. The van der Waals surface area contributed by atoms with E-state index in [0.29, 0.717) is 12.5 Å². The van der Waals surface area contributed by atoms with Gasteiger partial charge in [0.1, 0.15) is 12.4 Å². The van der Waals surface area contributed by atoms with Gasteiger partial charge in [0.05, 0.1) is 9.26 Å². The third-order valence-electron chi connectivity index (χ3n) is 2.13. The van der Waals surface area contributed by atoms with E-state index >= 15 is 0 Å². The van der Waals surface area contributed by atoms with E-state index in [1.54, 1.807) is 0 Å². The summed E-state index contributed by atoms with van der Waals surface area (Å²) in [4.78, 5) is 18.7. The van der Waals surface area contributed by atoms with Crippen LogP contribution in [0.5, 0.6) is 0 Å². The summed E-state index contributed by atoms with van der Waals surface area (Å²) in [6.07, 6.45) is 3.16. The average Bonchev–Trinajstić information content (AvgIpc) is 2.76. The van der Waals surface area contributed by atoms with Crippen LogP contribution < -0.4 is 5.32 Å². The third kappa shape index (κ3) is 3.38. The first-order chi connectivity index (χ1) is 8.65. The number of thiophene rings is 1. The molecule has 0 radical (unpaired) electrons. The van der Waals surface area contributed by atoms with Crippen LogP contribution in [0.1, 0.15) is 4.88 Å². The van der Waals surface area contributed by atoms with E-state index in [-0.39, 0.29) is 5.69 Å². The lowest BCUT2D eigenvalue weighted by Crippen LogP contribution is -2.07. The summed E-state index contributed by atoms with van der Waals surface area (Å²) in [6.45, 7) is 0.647. The van der Waals surface area contributed by atoms with Gasteiger partial charge in [-0.1, -0.05) is 11.6 Å². The minimum atomic E-state index is -0.530. The number of nitrogens with zero attached hydrogens (tertiary/aromatic N) is 3. The summed E-state index contributed by atoms with van der Waals surface area (Å²) >= 11 is 7.34. The van der Waals surface area contributed by atoms with Crippen molar-refractivity contribution in [3.05, 3.63) is 43.9 Å². The highest BCUT2D eigenvalue weighted by atomic mass is 35.5. The van der Waals surface area contributed by atoms with Crippen LogP contribution in [0.15, 0.2) is 24.5 Å². The second kappa shape index (κ2) is 5.74. The molecular formula is C10H9ClN4O2S. The third-order valence-corrected chi connectivity index (χ3v) is 3.42. The van der Waals surface area contributed by atoms with Crippen molar-refractivity contribution in [2.24, 2.45) is 0 Å². The van der Waals surface area contributed by atoms with E-state index in [0.717, 1.165) is 15.6 Å². The number of rotatable bonds is 5. The van der Waals surface area contributed by atoms with Crippen molar-refractivity contribution in [1.82, 2.24) is 9.97 Å². The largest absolute Gasteiger partial charge is 0.354 e. The van der Waals surface area contributed by atoms with E-state index in [2.05, 4.69) is 15.3 Å². The molecule has 0 aliphatic rings. The molecule has 0 fully saturated rings. The number of aromatic nitrogens is 2. The predicted molar refractivity (Wildman–Crippen MR) is 70.2 cm³/mol. The first-order valence-electron chi connectivity index (χ1n) is 5.09. The minimum Gasteiger partial charge on any atom is -0.354 e. The molecule has 2 rings (SSSR count). The monoisotopic (exact) mass is 284 g/mol. The van der Waals surface area contributed by atoms with Gasteiger partial charge in [-0.05, 0) is 18.6 Å². The van der Waals surface area contributed by atoms with Crippen molar-refractivity contribution in [2.45, 2.75) is 6.42 Å². The van der Waals surface area contributed by atoms with Crippen LogP contribution in [0.2, 0.25) is 4.34 Å². The van der Waals surface area contributed by atoms with Crippen LogP contribution >= 0.6 is 22.9 Å². The summed E-state index contributed by atoms with van der Waals surface area (Å²) in [5.74, 6) is 0.378. The first kappa shape index (κ1) is 12.7. The molecule has 0 aromatic carbocycles. The Morgan fingerprint density at radius 2 is 2.11 bits per heavy atom. The van der Waals surface area contributed by atoms with Crippen LogP contribution in [0.3, 0.4) is 0 Å². The second-order valence-corrected chi connectivity index (χ2v) is 5.20. The van der Waals surface area contributed by atoms with Gasteiger partial charge in [0.15, 0.2) is 0 Å². The van der Waals surface area contributed by atoms with E-state index in [1.807, 2.05) is 12.1 Å². The zero-order chi connectivity index (χ0) is 13.0. The van der Waals surface area contributed by atoms with Gasteiger partial charge in [-0.15, -0.1) is 11.3 Å². The predicted octanol–water partition coefficient (Wildman–Crippen LogP) is 2.75. The van der Waals surface area contributed by atoms with Crippen LogP contribution in [0.25, 0.3) is 0 Å². The first-order valence-corrected chi connectivity index (χ1v) is 6.29. The Morgan fingerprint density at radius 1 is 1.39 bits per heavy atom. The van der Waals surface area contributed by atoms with E-state index < -0.39 is 4.92 Å². The van der Waals surface area contributed by atoms with Crippen molar-refractivity contribution < 1.29 is 4.92 Å². The Kier molecular flexibility index (Phi) is 4.06. The smallest absolute Gasteiger partial charge is 0.305 e. The highest BCUT2D eigenvalue weighted by Gasteiger charge is 2.06. The van der Waals surface area contributed by atoms with Gasteiger partial charge >= 0.3 is 5.69 Å². The molecule has 8 heteroatoms. The van der Waals surface area contributed by atoms with Crippen molar-refractivity contribution in [3.63, 3.8) is 0 Å². The number of anilines is 1. The Morgan fingerprint density at radius 3 is 2.67 bits per heavy atom. The molecule has 0 aliphatic carbocycles. The number of nitro groups is 1. The molecule has 0 saturated carbocycles. The van der Waals surface area contributed by atoms with Gasteiger partial charge in [0, 0.05) is 11.4 Å². The van der Waals surface area contributed by atoms with E-state index in [1.165, 1.54) is 23.7 Å². The Bertz CT molecular complexity index is 543. The van der Waals surface area contributed by atoms with Crippen molar-refractivity contribution >= 4 is 34.6 Å². The van der Waals surface area contributed by atoms with Gasteiger partial charge in [0.25, 0.3) is 0 Å². The Balaban J connectivity index is 1.85. The Hall–Kier alpha value is -1.73. The minimum absolute atomic E-state index is 0.120. The van der Waals surface area contributed by atoms with Crippen LogP contribution in [-0.2, 0) is 6.42 Å². The normalized spacial score (nSPS) is 10.3. The standard InChI is InChI=1S/C10H9ClN4O2S/c11-9-2-1-8(18-9)3-4-12-10-13-5-7(6-14-10)15(16)17/h1-2,5-6H,3-4H2,(H,12,13,14). The molecule has 2 aromatic heterocycles. The van der Waals surface area contributed by atoms with Crippen LogP contribution in [0, 0.1) is 10.1 Å². The summed E-state index contributed by atoms with van der Waals surface area (Å²) in [5.41, 5.74) is -0.120. The zero-order valence-corrected chi connectivity index (χ0v) is 10.7. The molecule has 0 aliphatic heterocycles. The fraction of sp³-hybridized carbons (Fsp3) is 0.200. The lowest BCUT2D eigenvalue weighted by atomic mass is 10.3. The molecule has 0 spiro atoms.